The van der Waals surface area contributed by atoms with Crippen molar-refractivity contribution in [1.29, 1.82) is 0 Å². The van der Waals surface area contributed by atoms with Gasteiger partial charge in [0.15, 0.2) is 18.9 Å². The molecule has 5 rings (SSSR count). The lowest BCUT2D eigenvalue weighted by atomic mass is 9.86. The number of nitrogens with two attached hydrogens (primary N) is 1. The Hall–Kier alpha value is -1.18. The third kappa shape index (κ3) is 8.64. The van der Waals surface area contributed by atoms with Crippen molar-refractivity contribution in [3.63, 3.8) is 0 Å². The number of aliphatic hydroxyl groups excluding tert-OH is 14. The van der Waals surface area contributed by atoms with Crippen molar-refractivity contribution < 1.29 is 105 Å². The summed E-state index contributed by atoms with van der Waals surface area (Å²) in [5.41, 5.74) is 5.76. The van der Waals surface area contributed by atoms with E-state index in [2.05, 4.69) is 5.32 Å². The lowest BCUT2D eigenvalue weighted by Gasteiger charge is -2.48. The van der Waals surface area contributed by atoms with Crippen LogP contribution < -0.4 is 11.1 Å². The highest BCUT2D eigenvalue weighted by Gasteiger charge is 2.53. The summed E-state index contributed by atoms with van der Waals surface area (Å²) in [4.78, 5) is 0. The van der Waals surface area contributed by atoms with Crippen molar-refractivity contribution in [2.45, 2.75) is 161 Å². The lowest BCUT2D eigenvalue weighted by Crippen LogP contribution is -2.68. The zero-order valence-corrected chi connectivity index (χ0v) is 29.3. The molecule has 4 heterocycles. The molecule has 1 aliphatic carbocycles. The van der Waals surface area contributed by atoms with Gasteiger partial charge in [-0.25, -0.2) is 0 Å². The fourth-order valence-electron chi connectivity index (χ4n) is 7.26. The van der Waals surface area contributed by atoms with Crippen LogP contribution in [-0.4, -0.2) is 238 Å². The smallest absolute Gasteiger partial charge is 0.187 e. The molecule has 4 saturated heterocycles. The number of nitrogens with one attached hydrogen (secondary N) is 1. The molecule has 4 aliphatic heterocycles. The van der Waals surface area contributed by atoms with Crippen LogP contribution in [0.1, 0.15) is 13.8 Å². The Morgan fingerprint density at radius 3 is 1.67 bits per heavy atom. The molecule has 54 heavy (non-hydrogen) atoms. The molecule has 0 radical (unpaired) electrons. The van der Waals surface area contributed by atoms with Crippen LogP contribution in [0.5, 0.6) is 0 Å². The van der Waals surface area contributed by atoms with Gasteiger partial charge in [0.2, 0.25) is 0 Å². The van der Waals surface area contributed by atoms with Crippen LogP contribution in [0.4, 0.5) is 0 Å². The minimum atomic E-state index is -1.90. The third-order valence-electron chi connectivity index (χ3n) is 10.6. The first-order valence-electron chi connectivity index (χ1n) is 17.6. The van der Waals surface area contributed by atoms with E-state index in [0.717, 1.165) is 0 Å². The van der Waals surface area contributed by atoms with Gasteiger partial charge >= 0.3 is 0 Å². The Morgan fingerprint density at radius 1 is 0.574 bits per heavy atom. The summed E-state index contributed by atoms with van der Waals surface area (Å²) < 4.78 is 39.1. The van der Waals surface area contributed by atoms with E-state index in [-0.39, 0.29) is 5.57 Å². The molecular weight excluding hydrogens is 736 g/mol. The van der Waals surface area contributed by atoms with Crippen LogP contribution in [0, 0.1) is 0 Å². The topological polar surface area (TPSA) is 386 Å². The summed E-state index contributed by atoms with van der Waals surface area (Å²) in [5, 5.41) is 150. The molecular formula is C31H54N2O21. The van der Waals surface area contributed by atoms with E-state index >= 15 is 0 Å². The Balaban J connectivity index is 1.24. The molecule has 23 nitrogen and oxygen atoms in total. The second kappa shape index (κ2) is 18.2. The van der Waals surface area contributed by atoms with Crippen LogP contribution in [0.2, 0.25) is 0 Å². The molecule has 17 N–H and O–H groups in total. The standard InChI is InChI=1S/C31H54N2O21/c1-7-13(32)15(38)22(45)30(48-7)53-26-11(5-35)50-28(20(43)17(26)40)33-10-3-9(4-34)25(16(39)14(10)37)52-24-8(2)49-31(23(46)19(24)42)54-27-12(6-36)51-29(47)21(44)18(27)41/h3,7-8,10-31,33-47H,4-6,32H2,1-2H3/t7-,8-,10+,11-,12-,13-,14+,15+,16-,17-,18-,19-,20-,21-,22-,23-,24-,25-,26-,27-,28+,29+,30-,31-/m1/s1. The maximum absolute atomic E-state index is 11.2. The molecule has 0 unspecified atom stereocenters. The molecule has 0 amide bonds. The van der Waals surface area contributed by atoms with Gasteiger partial charge in [-0.2, -0.15) is 0 Å². The summed E-state index contributed by atoms with van der Waals surface area (Å²) in [6, 6.07) is -2.24. The minimum absolute atomic E-state index is 0.0431. The summed E-state index contributed by atoms with van der Waals surface area (Å²) in [6.45, 7) is 0.605. The average molecular weight is 791 g/mol. The number of ether oxygens (including phenoxy) is 7. The van der Waals surface area contributed by atoms with Crippen LogP contribution >= 0.6 is 0 Å². The Labute approximate surface area is 308 Å². The van der Waals surface area contributed by atoms with Crippen molar-refractivity contribution in [3.8, 4) is 0 Å². The SMILES string of the molecule is C[C@H]1O[C@H](O[C@H]2[C@H](O)[C@@H](O)[C@@H](N[C@H]3C=C(CO)[C@@H](O[C@H]4[C@H](O)[C@@H](O)[C@@H](O[C@H]5[C@H](O)[C@@H](O)[C@@H](O)O[C@@H]5CO)O[C@@H]4C)[C@H](O)[C@H]3O)O[C@@H]2CO)[C@H](O)[C@@H](O)[C@@H]1N. The molecule has 0 aromatic heterocycles. The van der Waals surface area contributed by atoms with E-state index in [9.17, 15) is 71.5 Å². The van der Waals surface area contributed by atoms with Gasteiger partial charge in [-0.05, 0) is 19.4 Å². The van der Waals surface area contributed by atoms with Crippen molar-refractivity contribution >= 4 is 0 Å². The summed E-state index contributed by atoms with van der Waals surface area (Å²) in [6.07, 6.45) is -33.6. The maximum atomic E-state index is 11.2. The van der Waals surface area contributed by atoms with E-state index < -0.39 is 167 Å². The highest BCUT2D eigenvalue weighted by atomic mass is 16.7. The van der Waals surface area contributed by atoms with Crippen molar-refractivity contribution in [3.05, 3.63) is 11.6 Å². The molecule has 314 valence electrons. The number of aliphatic hydroxyl groups is 14. The second-order valence-corrected chi connectivity index (χ2v) is 14.2. The fraction of sp³-hybridized carbons (Fsp3) is 0.935. The molecule has 0 aromatic rings. The van der Waals surface area contributed by atoms with Crippen molar-refractivity contribution in [1.82, 2.24) is 5.32 Å². The van der Waals surface area contributed by atoms with Gasteiger partial charge < -0.3 is 110 Å². The molecule has 5 aliphatic rings. The first-order valence-corrected chi connectivity index (χ1v) is 17.6. The first kappa shape index (κ1) is 43.9. The number of rotatable bonds is 11. The third-order valence-corrected chi connectivity index (χ3v) is 10.6. The van der Waals surface area contributed by atoms with Gasteiger partial charge in [0.25, 0.3) is 0 Å². The van der Waals surface area contributed by atoms with E-state index in [1.54, 1.807) is 0 Å². The highest BCUT2D eigenvalue weighted by Crippen LogP contribution is 2.34. The lowest BCUT2D eigenvalue weighted by molar-refractivity contribution is -0.356. The zero-order chi connectivity index (χ0) is 39.9. The van der Waals surface area contributed by atoms with Crippen LogP contribution in [0.15, 0.2) is 11.6 Å². The molecule has 0 saturated carbocycles. The van der Waals surface area contributed by atoms with E-state index in [1.807, 2.05) is 0 Å². The fourth-order valence-corrected chi connectivity index (χ4v) is 7.26. The molecule has 0 bridgehead atoms. The predicted molar refractivity (Wildman–Crippen MR) is 171 cm³/mol. The van der Waals surface area contributed by atoms with Gasteiger partial charge in [0.05, 0.1) is 44.1 Å². The molecule has 23 heteroatoms. The molecule has 0 aromatic carbocycles. The van der Waals surface area contributed by atoms with Crippen LogP contribution in [0.25, 0.3) is 0 Å². The molecule has 4 fully saturated rings. The molecule has 24 atom stereocenters. The Kier molecular flexibility index (Phi) is 14.8. The van der Waals surface area contributed by atoms with Crippen LogP contribution in [0.3, 0.4) is 0 Å². The Bertz CT molecular complexity index is 1240. The summed E-state index contributed by atoms with van der Waals surface area (Å²) in [7, 11) is 0. The van der Waals surface area contributed by atoms with Gasteiger partial charge in [0, 0.05) is 0 Å². The van der Waals surface area contributed by atoms with Gasteiger partial charge in [-0.15, -0.1) is 0 Å². The first-order chi connectivity index (χ1) is 25.4. The number of hydrogen-bond acceptors (Lipinski definition) is 23. The number of hydrogen-bond donors (Lipinski definition) is 16. The van der Waals surface area contributed by atoms with Crippen molar-refractivity contribution in [2.75, 3.05) is 19.8 Å². The maximum Gasteiger partial charge on any atom is 0.187 e. The average Bonchev–Trinajstić information content (AvgIpc) is 3.15. The van der Waals surface area contributed by atoms with E-state index in [4.69, 9.17) is 38.9 Å². The minimum Gasteiger partial charge on any atom is -0.394 e. The monoisotopic (exact) mass is 790 g/mol. The van der Waals surface area contributed by atoms with Gasteiger partial charge in [-0.1, -0.05) is 6.08 Å². The highest BCUT2D eigenvalue weighted by molar-refractivity contribution is 5.23. The Morgan fingerprint density at radius 2 is 1.09 bits per heavy atom. The quantitative estimate of drug-likeness (QED) is 0.0864. The van der Waals surface area contributed by atoms with E-state index in [1.165, 1.54) is 19.9 Å². The van der Waals surface area contributed by atoms with Crippen LogP contribution in [-0.2, 0) is 33.2 Å². The normalized spacial score (nSPS) is 53.2. The van der Waals surface area contributed by atoms with E-state index in [0.29, 0.717) is 0 Å². The summed E-state index contributed by atoms with van der Waals surface area (Å²) >= 11 is 0. The predicted octanol–water partition coefficient (Wildman–Crippen LogP) is -9.75. The molecule has 0 spiro atoms. The second-order valence-electron chi connectivity index (χ2n) is 14.2. The largest absolute Gasteiger partial charge is 0.394 e. The van der Waals surface area contributed by atoms with Gasteiger partial charge in [-0.3, -0.25) is 5.32 Å². The zero-order valence-electron chi connectivity index (χ0n) is 29.3. The van der Waals surface area contributed by atoms with Gasteiger partial charge in [0.1, 0.15) is 104 Å². The summed E-state index contributed by atoms with van der Waals surface area (Å²) in [5.74, 6) is 0. The van der Waals surface area contributed by atoms with Crippen molar-refractivity contribution in [2.24, 2.45) is 5.73 Å².